The Morgan fingerprint density at radius 1 is 1.27 bits per heavy atom. The van der Waals surface area contributed by atoms with Gasteiger partial charge in [0.1, 0.15) is 0 Å². The lowest BCUT2D eigenvalue weighted by atomic mass is 10.0. The van der Waals surface area contributed by atoms with E-state index in [2.05, 4.69) is 36.3 Å². The van der Waals surface area contributed by atoms with E-state index >= 15 is 0 Å². The Kier molecular flexibility index (Phi) is 3.75. The fourth-order valence-electron chi connectivity index (χ4n) is 2.00. The molecule has 0 amide bonds. The second kappa shape index (κ2) is 5.29. The van der Waals surface area contributed by atoms with Gasteiger partial charge >= 0.3 is 0 Å². The fraction of sp³-hybridized carbons (Fsp3) is 0.538. The highest BCUT2D eigenvalue weighted by atomic mass is 16.7. The van der Waals surface area contributed by atoms with Gasteiger partial charge in [-0.2, -0.15) is 5.06 Å². The van der Waals surface area contributed by atoms with Gasteiger partial charge in [0.25, 0.3) is 0 Å². The number of hydroxylamine groups is 2. The SMILES string of the molecule is CCCON1CCCc2ccccc2C1. The first-order chi connectivity index (χ1) is 7.40. The van der Waals surface area contributed by atoms with Crippen LogP contribution in [0.3, 0.4) is 0 Å². The Labute approximate surface area is 91.8 Å². The van der Waals surface area contributed by atoms with Crippen molar-refractivity contribution in [3.8, 4) is 0 Å². The molecule has 2 rings (SSSR count). The first-order valence-electron chi connectivity index (χ1n) is 5.85. The highest BCUT2D eigenvalue weighted by molar-refractivity contribution is 5.27. The molecule has 2 nitrogen and oxygen atoms in total. The molecule has 1 aromatic rings. The molecule has 0 unspecified atom stereocenters. The molecule has 0 atom stereocenters. The molecule has 0 N–H and O–H groups in total. The number of benzene rings is 1. The molecule has 0 saturated carbocycles. The van der Waals surface area contributed by atoms with Crippen molar-refractivity contribution in [3.63, 3.8) is 0 Å². The predicted molar refractivity (Wildman–Crippen MR) is 61.4 cm³/mol. The molecule has 1 aromatic carbocycles. The zero-order valence-electron chi connectivity index (χ0n) is 9.41. The summed E-state index contributed by atoms with van der Waals surface area (Å²) < 4.78 is 0. The molecule has 0 aromatic heterocycles. The number of fused-ring (bicyclic) bond motifs is 1. The highest BCUT2D eigenvalue weighted by Crippen LogP contribution is 2.18. The van der Waals surface area contributed by atoms with Gasteiger partial charge in [-0.05, 0) is 30.4 Å². The van der Waals surface area contributed by atoms with Crippen LogP contribution in [0.4, 0.5) is 0 Å². The maximum absolute atomic E-state index is 5.70. The molecule has 2 heteroatoms. The summed E-state index contributed by atoms with van der Waals surface area (Å²) in [5, 5.41) is 2.11. The molecule has 15 heavy (non-hydrogen) atoms. The summed E-state index contributed by atoms with van der Waals surface area (Å²) in [5.41, 5.74) is 2.91. The predicted octanol–water partition coefficient (Wildman–Crippen LogP) is 2.78. The molecule has 0 aliphatic carbocycles. The topological polar surface area (TPSA) is 12.5 Å². The molecule has 0 saturated heterocycles. The zero-order chi connectivity index (χ0) is 10.5. The van der Waals surface area contributed by atoms with Crippen molar-refractivity contribution in [2.24, 2.45) is 0 Å². The molecule has 1 aliphatic heterocycles. The van der Waals surface area contributed by atoms with Crippen molar-refractivity contribution in [1.29, 1.82) is 0 Å². The number of aryl methyl sites for hydroxylation is 1. The van der Waals surface area contributed by atoms with Gasteiger partial charge in [-0.3, -0.25) is 4.84 Å². The Balaban J connectivity index is 2.04. The van der Waals surface area contributed by atoms with Crippen LogP contribution >= 0.6 is 0 Å². The summed E-state index contributed by atoms with van der Waals surface area (Å²) in [6.07, 6.45) is 3.46. The quantitative estimate of drug-likeness (QED) is 0.752. The third-order valence-corrected chi connectivity index (χ3v) is 2.80. The van der Waals surface area contributed by atoms with Crippen molar-refractivity contribution < 1.29 is 4.84 Å². The first-order valence-corrected chi connectivity index (χ1v) is 5.85. The standard InChI is InChI=1S/C13H19NO/c1-2-10-15-14-9-5-8-12-6-3-4-7-13(12)11-14/h3-4,6-7H,2,5,8-11H2,1H3. The third-order valence-electron chi connectivity index (χ3n) is 2.80. The normalized spacial score (nSPS) is 17.1. The second-order valence-electron chi connectivity index (χ2n) is 4.07. The van der Waals surface area contributed by atoms with Gasteiger partial charge in [0.2, 0.25) is 0 Å². The lowest BCUT2D eigenvalue weighted by Crippen LogP contribution is -2.24. The Morgan fingerprint density at radius 2 is 2.07 bits per heavy atom. The summed E-state index contributed by atoms with van der Waals surface area (Å²) in [5.74, 6) is 0. The largest absolute Gasteiger partial charge is 0.299 e. The third kappa shape index (κ3) is 2.80. The van der Waals surface area contributed by atoms with Crippen LogP contribution in [0.15, 0.2) is 24.3 Å². The lowest BCUT2D eigenvalue weighted by molar-refractivity contribution is -0.165. The van der Waals surface area contributed by atoms with Crippen molar-refractivity contribution in [3.05, 3.63) is 35.4 Å². The average Bonchev–Trinajstić information content (AvgIpc) is 2.47. The summed E-state index contributed by atoms with van der Waals surface area (Å²) in [7, 11) is 0. The van der Waals surface area contributed by atoms with Crippen LogP contribution in [0.25, 0.3) is 0 Å². The van der Waals surface area contributed by atoms with Crippen molar-refractivity contribution in [1.82, 2.24) is 5.06 Å². The van der Waals surface area contributed by atoms with Gasteiger partial charge in [0.15, 0.2) is 0 Å². The minimum Gasteiger partial charge on any atom is -0.299 e. The monoisotopic (exact) mass is 205 g/mol. The second-order valence-corrected chi connectivity index (χ2v) is 4.07. The van der Waals surface area contributed by atoms with E-state index in [0.29, 0.717) is 0 Å². The average molecular weight is 205 g/mol. The van der Waals surface area contributed by atoms with Gasteiger partial charge < -0.3 is 0 Å². The van der Waals surface area contributed by atoms with E-state index in [0.717, 1.165) is 26.1 Å². The lowest BCUT2D eigenvalue weighted by Gasteiger charge is -2.19. The molecule has 82 valence electrons. The van der Waals surface area contributed by atoms with Gasteiger partial charge in [-0.1, -0.05) is 31.2 Å². The van der Waals surface area contributed by atoms with Crippen LogP contribution in [-0.2, 0) is 17.8 Å². The van der Waals surface area contributed by atoms with Crippen molar-refractivity contribution >= 4 is 0 Å². The summed E-state index contributed by atoms with van der Waals surface area (Å²) in [6.45, 7) is 4.97. The Hall–Kier alpha value is -0.860. The van der Waals surface area contributed by atoms with Gasteiger partial charge in [0.05, 0.1) is 6.61 Å². The van der Waals surface area contributed by atoms with E-state index in [4.69, 9.17) is 4.84 Å². The summed E-state index contributed by atoms with van der Waals surface area (Å²) in [4.78, 5) is 5.70. The minimum atomic E-state index is 0.835. The molecular formula is C13H19NO. The van der Waals surface area contributed by atoms with E-state index in [1.165, 1.54) is 24.0 Å². The highest BCUT2D eigenvalue weighted by Gasteiger charge is 2.13. The van der Waals surface area contributed by atoms with Crippen LogP contribution in [0.5, 0.6) is 0 Å². The number of rotatable bonds is 3. The van der Waals surface area contributed by atoms with Crippen LogP contribution < -0.4 is 0 Å². The first kappa shape index (κ1) is 10.7. The van der Waals surface area contributed by atoms with Gasteiger partial charge in [0, 0.05) is 13.1 Å². The number of nitrogens with zero attached hydrogens (tertiary/aromatic N) is 1. The van der Waals surface area contributed by atoms with E-state index in [1.807, 2.05) is 0 Å². The van der Waals surface area contributed by atoms with E-state index in [1.54, 1.807) is 0 Å². The van der Waals surface area contributed by atoms with Crippen LogP contribution in [-0.4, -0.2) is 18.2 Å². The maximum Gasteiger partial charge on any atom is 0.0682 e. The number of hydrogen-bond acceptors (Lipinski definition) is 2. The van der Waals surface area contributed by atoms with E-state index in [-0.39, 0.29) is 0 Å². The minimum absolute atomic E-state index is 0.835. The molecule has 0 fully saturated rings. The van der Waals surface area contributed by atoms with Crippen molar-refractivity contribution in [2.75, 3.05) is 13.2 Å². The Morgan fingerprint density at radius 3 is 2.87 bits per heavy atom. The van der Waals surface area contributed by atoms with Crippen LogP contribution in [0, 0.1) is 0 Å². The summed E-state index contributed by atoms with van der Waals surface area (Å²) >= 11 is 0. The number of hydrogen-bond donors (Lipinski definition) is 0. The van der Waals surface area contributed by atoms with Crippen LogP contribution in [0.1, 0.15) is 30.9 Å². The van der Waals surface area contributed by atoms with Crippen molar-refractivity contribution in [2.45, 2.75) is 32.7 Å². The molecule has 0 radical (unpaired) electrons. The molecule has 1 aliphatic rings. The van der Waals surface area contributed by atoms with Crippen LogP contribution in [0.2, 0.25) is 0 Å². The fourth-order valence-corrected chi connectivity index (χ4v) is 2.00. The molecule has 1 heterocycles. The Bertz CT molecular complexity index is 309. The van der Waals surface area contributed by atoms with E-state index in [9.17, 15) is 0 Å². The maximum atomic E-state index is 5.70. The molecule has 0 spiro atoms. The zero-order valence-corrected chi connectivity index (χ0v) is 9.41. The smallest absolute Gasteiger partial charge is 0.0682 e. The van der Waals surface area contributed by atoms with Gasteiger partial charge in [-0.15, -0.1) is 0 Å². The van der Waals surface area contributed by atoms with E-state index < -0.39 is 0 Å². The summed E-state index contributed by atoms with van der Waals surface area (Å²) in [6, 6.07) is 8.69. The van der Waals surface area contributed by atoms with Gasteiger partial charge in [-0.25, -0.2) is 0 Å². The molecular weight excluding hydrogens is 186 g/mol. The molecule has 0 bridgehead atoms.